The summed E-state index contributed by atoms with van der Waals surface area (Å²) in [6, 6.07) is 15.1. The van der Waals surface area contributed by atoms with E-state index in [2.05, 4.69) is 15.6 Å². The van der Waals surface area contributed by atoms with Crippen molar-refractivity contribution < 1.29 is 28.7 Å². The summed E-state index contributed by atoms with van der Waals surface area (Å²) in [5.74, 6) is -0.668. The number of Topliss-reactive ketones (excluding diaryl/α,β-unsaturated/α-hetero) is 1. The Balaban J connectivity index is 1.40. The molecule has 0 fully saturated rings. The molecule has 1 N–H and O–H groups in total. The van der Waals surface area contributed by atoms with Gasteiger partial charge in [-0.05, 0) is 38.3 Å². The summed E-state index contributed by atoms with van der Waals surface area (Å²) in [5.41, 5.74) is 3.29. The number of amides is 2. The van der Waals surface area contributed by atoms with Gasteiger partial charge in [-0.3, -0.25) is 19.2 Å². The summed E-state index contributed by atoms with van der Waals surface area (Å²) in [4.78, 5) is 52.9. The molecule has 1 aromatic heterocycles. The zero-order chi connectivity index (χ0) is 34.4. The van der Waals surface area contributed by atoms with Crippen LogP contribution in [0.1, 0.15) is 72.8 Å². The highest BCUT2D eigenvalue weighted by Gasteiger charge is 2.31. The molecule has 2 aromatic carbocycles. The maximum absolute atomic E-state index is 13.8. The van der Waals surface area contributed by atoms with Gasteiger partial charge in [0.15, 0.2) is 0 Å². The molecule has 11 nitrogen and oxygen atoms in total. The number of rotatable bonds is 14. The van der Waals surface area contributed by atoms with Crippen molar-refractivity contribution in [3.05, 3.63) is 54.1 Å². The molecule has 0 saturated heterocycles. The summed E-state index contributed by atoms with van der Waals surface area (Å²) in [5, 5.41) is 11.6. The van der Waals surface area contributed by atoms with Crippen LogP contribution in [0.2, 0.25) is 0 Å². The lowest BCUT2D eigenvalue weighted by Gasteiger charge is -2.30. The van der Waals surface area contributed by atoms with E-state index in [1.807, 2.05) is 90.1 Å². The van der Waals surface area contributed by atoms with Crippen molar-refractivity contribution in [3.63, 3.8) is 0 Å². The highest BCUT2D eigenvalue weighted by Crippen LogP contribution is 2.41. The van der Waals surface area contributed by atoms with Gasteiger partial charge in [-0.25, -0.2) is 4.68 Å². The number of carbonyl (C=O) groups excluding carboxylic acids is 4. The number of nitrogens with zero attached hydrogens (tertiary/aromatic N) is 4. The molecule has 0 atom stereocenters. The summed E-state index contributed by atoms with van der Waals surface area (Å²) in [7, 11) is 1.33. The van der Waals surface area contributed by atoms with Gasteiger partial charge in [0.2, 0.25) is 11.8 Å². The number of fused-ring (bicyclic) bond motifs is 5. The third-order valence-corrected chi connectivity index (χ3v) is 8.62. The summed E-state index contributed by atoms with van der Waals surface area (Å²) < 4.78 is 12.5. The second-order valence-electron chi connectivity index (χ2n) is 13.5. The average molecular weight is 646 g/mol. The molecule has 2 amide bonds. The van der Waals surface area contributed by atoms with Crippen LogP contribution in [-0.2, 0) is 41.7 Å². The van der Waals surface area contributed by atoms with E-state index in [1.165, 1.54) is 11.8 Å². The molecule has 11 heteroatoms. The minimum atomic E-state index is -0.487. The highest BCUT2D eigenvalue weighted by atomic mass is 16.5. The Morgan fingerprint density at radius 1 is 0.936 bits per heavy atom. The highest BCUT2D eigenvalue weighted by molar-refractivity contribution is 6.01. The molecule has 0 saturated carbocycles. The molecule has 0 bridgehead atoms. The van der Waals surface area contributed by atoms with E-state index in [4.69, 9.17) is 9.47 Å². The number of methoxy groups -OCH3 is 1. The molecule has 2 heterocycles. The zero-order valence-corrected chi connectivity index (χ0v) is 28.6. The number of aromatic nitrogens is 3. The van der Waals surface area contributed by atoms with E-state index in [9.17, 15) is 19.2 Å². The summed E-state index contributed by atoms with van der Waals surface area (Å²) >= 11 is 0. The Hall–Kier alpha value is -4.38. The monoisotopic (exact) mass is 645 g/mol. The number of anilines is 1. The maximum atomic E-state index is 13.8. The first kappa shape index (κ1) is 35.5. The predicted molar refractivity (Wildman–Crippen MR) is 179 cm³/mol. The molecular formula is C36H47N5O6. The van der Waals surface area contributed by atoms with Crippen molar-refractivity contribution in [3.8, 4) is 22.5 Å². The minimum absolute atomic E-state index is 0.0169. The lowest BCUT2D eigenvalue weighted by Crippen LogP contribution is -2.36. The van der Waals surface area contributed by atoms with Crippen LogP contribution in [-0.4, -0.2) is 64.4 Å². The predicted octanol–water partition coefficient (Wildman–Crippen LogP) is 5.35. The standard InChI is InChI=1S/C36H47N5O6/c1-24(2)34(45)35(3,4)19-21-47-36(5,6)18-20-37-29(42)16-17-30(43)40-22-25-12-8-9-13-26(25)33-32(27-14-10-11-15-28(27)40)38-39-41(33)23-31(44)46-7/h8-15,24H,16-23H2,1-7H3,(H,37,42). The number of hydrogen-bond donors (Lipinski definition) is 1. The number of para-hydroxylation sites is 1. The topological polar surface area (TPSA) is 133 Å². The molecule has 0 spiro atoms. The quantitative estimate of drug-likeness (QED) is 0.232. The minimum Gasteiger partial charge on any atom is -0.468 e. The molecule has 47 heavy (non-hydrogen) atoms. The van der Waals surface area contributed by atoms with E-state index in [1.54, 1.807) is 4.90 Å². The third-order valence-electron chi connectivity index (χ3n) is 8.62. The van der Waals surface area contributed by atoms with E-state index in [-0.39, 0.29) is 49.4 Å². The van der Waals surface area contributed by atoms with E-state index < -0.39 is 17.0 Å². The SMILES string of the molecule is COC(=O)Cn1nnc2c1-c1ccccc1CN(C(=O)CCC(=O)NCCC(C)(C)OCCC(C)(C)C(=O)C(C)C)c1ccccc1-2. The number of hydrogen-bond acceptors (Lipinski definition) is 8. The number of benzene rings is 2. The summed E-state index contributed by atoms with van der Waals surface area (Å²) in [6.07, 6.45) is 1.26. The molecule has 0 radical (unpaired) electrons. The van der Waals surface area contributed by atoms with Crippen LogP contribution in [0.5, 0.6) is 0 Å². The summed E-state index contributed by atoms with van der Waals surface area (Å²) in [6.45, 7) is 12.7. The number of ketones is 1. The van der Waals surface area contributed by atoms with E-state index in [0.29, 0.717) is 48.6 Å². The van der Waals surface area contributed by atoms with Crippen LogP contribution >= 0.6 is 0 Å². The van der Waals surface area contributed by atoms with Crippen LogP contribution in [0.3, 0.4) is 0 Å². The van der Waals surface area contributed by atoms with Crippen LogP contribution in [0.4, 0.5) is 5.69 Å². The van der Waals surface area contributed by atoms with E-state index in [0.717, 1.165) is 11.1 Å². The van der Waals surface area contributed by atoms with Crippen molar-refractivity contribution in [2.45, 2.75) is 85.9 Å². The number of nitrogens with one attached hydrogen (secondary N) is 1. The van der Waals surface area contributed by atoms with Crippen molar-refractivity contribution in [2.24, 2.45) is 11.3 Å². The van der Waals surface area contributed by atoms with E-state index >= 15 is 0 Å². The number of ether oxygens (including phenoxy) is 2. The molecule has 1 aliphatic heterocycles. The number of carbonyl (C=O) groups is 4. The fourth-order valence-corrected chi connectivity index (χ4v) is 5.84. The zero-order valence-electron chi connectivity index (χ0n) is 28.6. The van der Waals surface area contributed by atoms with Gasteiger partial charge in [-0.2, -0.15) is 0 Å². The first-order valence-corrected chi connectivity index (χ1v) is 16.2. The van der Waals surface area contributed by atoms with Gasteiger partial charge < -0.3 is 19.7 Å². The first-order valence-electron chi connectivity index (χ1n) is 16.2. The Kier molecular flexibility index (Phi) is 11.3. The van der Waals surface area contributed by atoms with Crippen molar-refractivity contribution in [1.82, 2.24) is 20.3 Å². The fourth-order valence-electron chi connectivity index (χ4n) is 5.84. The van der Waals surface area contributed by atoms with Crippen LogP contribution in [0.25, 0.3) is 22.5 Å². The fraction of sp³-hybridized carbons (Fsp3) is 0.500. The third kappa shape index (κ3) is 8.71. The molecule has 1 aliphatic rings. The second-order valence-corrected chi connectivity index (χ2v) is 13.5. The van der Waals surface area contributed by atoms with Crippen molar-refractivity contribution in [2.75, 3.05) is 25.2 Å². The van der Waals surface area contributed by atoms with Gasteiger partial charge in [0.05, 0.1) is 30.6 Å². The molecule has 0 aliphatic carbocycles. The largest absolute Gasteiger partial charge is 0.468 e. The normalized spacial score (nSPS) is 12.8. The lowest BCUT2D eigenvalue weighted by atomic mass is 9.80. The second kappa shape index (κ2) is 15.0. The molecule has 4 rings (SSSR count). The van der Waals surface area contributed by atoms with Crippen LogP contribution in [0, 0.1) is 11.3 Å². The van der Waals surface area contributed by atoms with Gasteiger partial charge in [0.1, 0.15) is 18.0 Å². The molecule has 252 valence electrons. The molecular weight excluding hydrogens is 598 g/mol. The smallest absolute Gasteiger partial charge is 0.327 e. The van der Waals surface area contributed by atoms with Gasteiger partial charge in [-0.1, -0.05) is 75.4 Å². The van der Waals surface area contributed by atoms with Gasteiger partial charge in [-0.15, -0.1) is 5.10 Å². The Labute approximate surface area is 277 Å². The van der Waals surface area contributed by atoms with Gasteiger partial charge >= 0.3 is 5.97 Å². The lowest BCUT2D eigenvalue weighted by molar-refractivity contribution is -0.141. The Morgan fingerprint density at radius 2 is 1.62 bits per heavy atom. The van der Waals surface area contributed by atoms with Gasteiger partial charge in [0, 0.05) is 48.5 Å². The van der Waals surface area contributed by atoms with Crippen LogP contribution in [0.15, 0.2) is 48.5 Å². The Bertz CT molecular complexity index is 1610. The average Bonchev–Trinajstić information content (AvgIpc) is 3.43. The number of esters is 1. The van der Waals surface area contributed by atoms with Gasteiger partial charge in [0.25, 0.3) is 0 Å². The van der Waals surface area contributed by atoms with Crippen LogP contribution < -0.4 is 10.2 Å². The molecule has 3 aromatic rings. The first-order chi connectivity index (χ1) is 22.2. The van der Waals surface area contributed by atoms with Crippen molar-refractivity contribution >= 4 is 29.3 Å². The maximum Gasteiger partial charge on any atom is 0.327 e. The van der Waals surface area contributed by atoms with Crippen molar-refractivity contribution in [1.29, 1.82) is 0 Å². The molecule has 0 unspecified atom stereocenters. The Morgan fingerprint density at radius 3 is 2.32 bits per heavy atom.